The van der Waals surface area contributed by atoms with Crippen molar-refractivity contribution in [1.82, 2.24) is 9.55 Å². The van der Waals surface area contributed by atoms with Crippen molar-refractivity contribution in [3.8, 4) is 11.3 Å². The van der Waals surface area contributed by atoms with E-state index in [9.17, 15) is 4.39 Å². The number of aromatic nitrogens is 2. The number of nitrogens with two attached hydrogens (primary N) is 2. The summed E-state index contributed by atoms with van der Waals surface area (Å²) < 4.78 is 16.5. The van der Waals surface area contributed by atoms with Crippen molar-refractivity contribution in [2.75, 3.05) is 0 Å². The Kier molecular flexibility index (Phi) is 8.48. The molecule has 170 valence electrons. The number of nitrogens with zero attached hydrogens (tertiary/aromatic N) is 2. The van der Waals surface area contributed by atoms with E-state index >= 15 is 0 Å². The lowest BCUT2D eigenvalue weighted by Crippen LogP contribution is -2.15. The fourth-order valence-corrected chi connectivity index (χ4v) is 4.18. The molecule has 4 nitrogen and oxygen atoms in total. The van der Waals surface area contributed by atoms with Gasteiger partial charge in [-0.1, -0.05) is 67.3 Å². The summed E-state index contributed by atoms with van der Waals surface area (Å²) in [5.74, 6) is 1.05. The molecular weight excluding hydrogens is 423 g/mol. The van der Waals surface area contributed by atoms with Crippen LogP contribution in [-0.2, 0) is 13.0 Å². The second-order valence-corrected chi connectivity index (χ2v) is 8.54. The van der Waals surface area contributed by atoms with Gasteiger partial charge in [-0.05, 0) is 38.3 Å². The number of aryl methyl sites for hydroxylation is 1. The summed E-state index contributed by atoms with van der Waals surface area (Å²) in [5.41, 5.74) is 15.6. The first-order valence-electron chi connectivity index (χ1n) is 11.2. The monoisotopic (exact) mass is 454 g/mol. The first-order chi connectivity index (χ1) is 15.5. The van der Waals surface area contributed by atoms with Crippen LogP contribution in [0.15, 0.2) is 48.7 Å². The smallest absolute Gasteiger partial charge is 0.128 e. The third-order valence-corrected chi connectivity index (χ3v) is 6.13. The van der Waals surface area contributed by atoms with Crippen LogP contribution in [0.5, 0.6) is 0 Å². The highest BCUT2D eigenvalue weighted by Gasteiger charge is 2.27. The number of rotatable bonds is 6. The Morgan fingerprint density at radius 1 is 1.22 bits per heavy atom. The molecule has 4 rings (SSSR count). The topological polar surface area (TPSA) is 69.9 Å². The minimum absolute atomic E-state index is 0.287. The molecule has 32 heavy (non-hydrogen) atoms. The molecule has 1 fully saturated rings. The maximum atomic E-state index is 14.5. The van der Waals surface area contributed by atoms with Crippen LogP contribution in [-0.4, -0.2) is 9.55 Å². The molecule has 1 aliphatic carbocycles. The van der Waals surface area contributed by atoms with Crippen molar-refractivity contribution in [2.45, 2.75) is 58.4 Å². The predicted octanol–water partition coefficient (Wildman–Crippen LogP) is 6.40. The van der Waals surface area contributed by atoms with E-state index in [-0.39, 0.29) is 12.4 Å². The van der Waals surface area contributed by atoms with Crippen LogP contribution < -0.4 is 11.5 Å². The second kappa shape index (κ2) is 11.3. The van der Waals surface area contributed by atoms with Crippen LogP contribution in [0.3, 0.4) is 0 Å². The van der Waals surface area contributed by atoms with Crippen LogP contribution in [0.1, 0.15) is 61.2 Å². The van der Waals surface area contributed by atoms with Gasteiger partial charge in [-0.3, -0.25) is 0 Å². The van der Waals surface area contributed by atoms with Gasteiger partial charge in [-0.2, -0.15) is 0 Å². The van der Waals surface area contributed by atoms with Crippen LogP contribution in [0.2, 0.25) is 5.02 Å². The van der Waals surface area contributed by atoms with Gasteiger partial charge in [0.2, 0.25) is 0 Å². The van der Waals surface area contributed by atoms with Crippen molar-refractivity contribution in [1.29, 1.82) is 0 Å². The zero-order chi connectivity index (χ0) is 23.1. The number of hydrogen-bond acceptors (Lipinski definition) is 3. The first kappa shape index (κ1) is 24.0. The average Bonchev–Trinajstić information content (AvgIpc) is 3.08. The quantitative estimate of drug-likeness (QED) is 0.452. The Morgan fingerprint density at radius 3 is 2.41 bits per heavy atom. The third-order valence-electron chi connectivity index (χ3n) is 5.79. The van der Waals surface area contributed by atoms with E-state index in [1.165, 1.54) is 24.3 Å². The SMILES string of the molecule is CCCc1c(F)cc(-c2nc(C3CCC3)n(/C=C\N)c2CN)cc1Cl.Cc1ccccc1. The van der Waals surface area contributed by atoms with Crippen molar-refractivity contribution in [3.63, 3.8) is 0 Å². The van der Waals surface area contributed by atoms with E-state index in [1.807, 2.05) is 29.7 Å². The van der Waals surface area contributed by atoms with E-state index in [0.29, 0.717) is 34.2 Å². The predicted molar refractivity (Wildman–Crippen MR) is 132 cm³/mol. The summed E-state index contributed by atoms with van der Waals surface area (Å²) in [4.78, 5) is 4.80. The standard InChI is InChI=1S/C19H24ClFN4.C7H8/c1-2-4-14-15(20)9-13(10-16(14)21)18-17(11-23)25(8-7-22)19(24-18)12-5-3-6-12;1-7-5-3-2-4-6-7/h7-10,12H,2-6,11,22-23H2,1H3;2-6H,1H3/b8-7-;. The highest BCUT2D eigenvalue weighted by Crippen LogP contribution is 2.39. The van der Waals surface area contributed by atoms with Crippen LogP contribution >= 0.6 is 11.6 Å². The molecule has 1 aliphatic rings. The molecule has 3 aromatic rings. The molecular formula is C26H32ClFN4. The first-order valence-corrected chi connectivity index (χ1v) is 11.6. The highest BCUT2D eigenvalue weighted by molar-refractivity contribution is 6.31. The Hall–Kier alpha value is -2.63. The van der Waals surface area contributed by atoms with Gasteiger partial charge in [0.15, 0.2) is 0 Å². The molecule has 6 heteroatoms. The molecule has 0 unspecified atom stereocenters. The van der Waals surface area contributed by atoms with Gasteiger partial charge < -0.3 is 16.0 Å². The Bertz CT molecular complexity index is 1030. The lowest BCUT2D eigenvalue weighted by molar-refractivity contribution is 0.398. The summed E-state index contributed by atoms with van der Waals surface area (Å²) >= 11 is 6.33. The maximum Gasteiger partial charge on any atom is 0.128 e. The second-order valence-electron chi connectivity index (χ2n) is 8.13. The van der Waals surface area contributed by atoms with Gasteiger partial charge in [0.05, 0.1) is 11.4 Å². The summed E-state index contributed by atoms with van der Waals surface area (Å²) in [5, 5.41) is 0.439. The lowest BCUT2D eigenvalue weighted by Gasteiger charge is -2.24. The van der Waals surface area contributed by atoms with Gasteiger partial charge >= 0.3 is 0 Å². The third kappa shape index (κ3) is 5.40. The van der Waals surface area contributed by atoms with E-state index in [2.05, 4.69) is 19.1 Å². The highest BCUT2D eigenvalue weighted by atomic mass is 35.5. The maximum absolute atomic E-state index is 14.5. The minimum atomic E-state index is -0.290. The molecule has 0 spiro atoms. The molecule has 1 aromatic heterocycles. The molecule has 1 heterocycles. The van der Waals surface area contributed by atoms with E-state index in [4.69, 9.17) is 28.1 Å². The van der Waals surface area contributed by atoms with Crippen molar-refractivity contribution in [2.24, 2.45) is 11.5 Å². The average molecular weight is 455 g/mol. The van der Waals surface area contributed by atoms with Gasteiger partial charge in [0.25, 0.3) is 0 Å². The van der Waals surface area contributed by atoms with E-state index in [1.54, 1.807) is 12.3 Å². The van der Waals surface area contributed by atoms with Gasteiger partial charge in [0, 0.05) is 41.0 Å². The number of benzene rings is 2. The Morgan fingerprint density at radius 2 is 1.94 bits per heavy atom. The molecule has 0 aliphatic heterocycles. The van der Waals surface area contributed by atoms with Crippen molar-refractivity contribution >= 4 is 17.8 Å². The molecule has 0 saturated heterocycles. The normalized spacial score (nSPS) is 13.7. The van der Waals surface area contributed by atoms with E-state index < -0.39 is 0 Å². The number of hydrogen-bond donors (Lipinski definition) is 2. The summed E-state index contributed by atoms with van der Waals surface area (Å²) in [6.07, 6.45) is 8.11. The van der Waals surface area contributed by atoms with Crippen molar-refractivity contribution < 1.29 is 4.39 Å². The van der Waals surface area contributed by atoms with Crippen LogP contribution in [0.4, 0.5) is 4.39 Å². The molecule has 2 aromatic carbocycles. The van der Waals surface area contributed by atoms with Crippen LogP contribution in [0, 0.1) is 12.7 Å². The lowest BCUT2D eigenvalue weighted by atomic mass is 9.85. The largest absolute Gasteiger partial charge is 0.403 e. The molecule has 0 amide bonds. The fourth-order valence-electron chi connectivity index (χ4n) is 3.88. The molecule has 4 N–H and O–H groups in total. The van der Waals surface area contributed by atoms with Crippen molar-refractivity contribution in [3.05, 3.63) is 82.1 Å². The Labute approximate surface area is 195 Å². The minimum Gasteiger partial charge on any atom is -0.403 e. The molecule has 0 radical (unpaired) electrons. The van der Waals surface area contributed by atoms with Crippen LogP contribution in [0.25, 0.3) is 17.5 Å². The molecule has 1 saturated carbocycles. The molecule has 0 bridgehead atoms. The molecule has 0 atom stereocenters. The zero-order valence-electron chi connectivity index (χ0n) is 18.8. The summed E-state index contributed by atoms with van der Waals surface area (Å²) in [7, 11) is 0. The fraction of sp³-hybridized carbons (Fsp3) is 0.346. The number of halogens is 2. The Balaban J connectivity index is 0.000000352. The van der Waals surface area contributed by atoms with Gasteiger partial charge in [-0.15, -0.1) is 0 Å². The zero-order valence-corrected chi connectivity index (χ0v) is 19.6. The van der Waals surface area contributed by atoms with Gasteiger partial charge in [0.1, 0.15) is 11.6 Å². The summed E-state index contributed by atoms with van der Waals surface area (Å²) in [6, 6.07) is 13.6. The summed E-state index contributed by atoms with van der Waals surface area (Å²) in [6.45, 7) is 4.37. The van der Waals surface area contributed by atoms with Gasteiger partial charge in [-0.25, -0.2) is 9.37 Å². The van der Waals surface area contributed by atoms with E-state index in [0.717, 1.165) is 30.8 Å². The number of imidazole rings is 1.